The van der Waals surface area contributed by atoms with Crippen molar-refractivity contribution in [1.29, 1.82) is 0 Å². The first kappa shape index (κ1) is 16.7. The number of aliphatic carboxylic acids is 1. The summed E-state index contributed by atoms with van der Waals surface area (Å²) < 4.78 is 5.30. The summed E-state index contributed by atoms with van der Waals surface area (Å²) in [4.78, 5) is 20.8. The average molecular weight is 296 g/mol. The fourth-order valence-electron chi connectivity index (χ4n) is 1.85. The first-order valence-electron chi connectivity index (χ1n) is 6.91. The number of unbranched alkanes of at least 4 members (excludes halogenated alkanes) is 2. The molecule has 0 aliphatic heterocycles. The van der Waals surface area contributed by atoms with Gasteiger partial charge in [-0.2, -0.15) is 0 Å². The second-order valence-electron chi connectivity index (χ2n) is 4.54. The number of hydrogen-bond donors (Lipinski definition) is 2. The van der Waals surface area contributed by atoms with Gasteiger partial charge in [-0.1, -0.05) is 6.42 Å². The molecule has 1 aromatic rings. The Labute approximate surface area is 123 Å². The predicted octanol–water partition coefficient (Wildman–Crippen LogP) is 3.05. The van der Waals surface area contributed by atoms with E-state index in [1.54, 1.807) is 6.07 Å². The topological polar surface area (TPSA) is 102 Å². The number of ether oxygens (including phenoxy) is 1. The number of anilines is 1. The van der Waals surface area contributed by atoms with Gasteiger partial charge >= 0.3 is 5.97 Å². The highest BCUT2D eigenvalue weighted by molar-refractivity contribution is 5.66. The summed E-state index contributed by atoms with van der Waals surface area (Å²) >= 11 is 0. The van der Waals surface area contributed by atoms with Crippen LogP contribution < -0.4 is 10.1 Å². The van der Waals surface area contributed by atoms with E-state index in [4.69, 9.17) is 9.84 Å². The Bertz CT molecular complexity index is 490. The standard InChI is InChI=1S/C14H20N2O5/c1-2-21-13-9-11(8-12(10-13)16(19)20)15-7-5-3-4-6-14(17)18/h8-10,15H,2-7H2,1H3,(H,17,18). The van der Waals surface area contributed by atoms with Crippen molar-refractivity contribution in [2.45, 2.75) is 32.6 Å². The first-order chi connectivity index (χ1) is 10.0. The summed E-state index contributed by atoms with van der Waals surface area (Å²) in [5, 5.41) is 22.5. The zero-order chi connectivity index (χ0) is 15.7. The summed E-state index contributed by atoms with van der Waals surface area (Å²) in [5.74, 6) is -0.330. The summed E-state index contributed by atoms with van der Waals surface area (Å²) in [6, 6.07) is 4.56. The van der Waals surface area contributed by atoms with Gasteiger partial charge in [0.1, 0.15) is 5.75 Å². The number of carboxylic acid groups (broad SMARTS) is 1. The maximum absolute atomic E-state index is 10.9. The van der Waals surface area contributed by atoms with E-state index < -0.39 is 10.9 Å². The third-order valence-electron chi connectivity index (χ3n) is 2.81. The minimum absolute atomic E-state index is 0.0191. The van der Waals surface area contributed by atoms with Gasteiger partial charge in [0.2, 0.25) is 0 Å². The van der Waals surface area contributed by atoms with Crippen LogP contribution in [0.3, 0.4) is 0 Å². The van der Waals surface area contributed by atoms with E-state index in [9.17, 15) is 14.9 Å². The van der Waals surface area contributed by atoms with Gasteiger partial charge < -0.3 is 15.2 Å². The molecule has 0 amide bonds. The van der Waals surface area contributed by atoms with Gasteiger partial charge in [0.25, 0.3) is 5.69 Å². The number of benzene rings is 1. The van der Waals surface area contributed by atoms with Crippen LogP contribution in [-0.4, -0.2) is 29.2 Å². The Balaban J connectivity index is 2.49. The van der Waals surface area contributed by atoms with Gasteiger partial charge in [-0.25, -0.2) is 0 Å². The number of nitrogens with one attached hydrogen (secondary N) is 1. The van der Waals surface area contributed by atoms with Crippen LogP contribution in [0.1, 0.15) is 32.6 Å². The van der Waals surface area contributed by atoms with E-state index in [1.807, 2.05) is 6.92 Å². The second kappa shape index (κ2) is 8.78. The van der Waals surface area contributed by atoms with Crippen molar-refractivity contribution >= 4 is 17.3 Å². The Kier molecular flexibility index (Phi) is 7.00. The Morgan fingerprint density at radius 3 is 2.71 bits per heavy atom. The molecular weight excluding hydrogens is 276 g/mol. The molecule has 0 fully saturated rings. The monoisotopic (exact) mass is 296 g/mol. The van der Waals surface area contributed by atoms with Crippen molar-refractivity contribution in [2.24, 2.45) is 0 Å². The van der Waals surface area contributed by atoms with Crippen molar-refractivity contribution in [2.75, 3.05) is 18.5 Å². The van der Waals surface area contributed by atoms with E-state index in [0.29, 0.717) is 31.0 Å². The lowest BCUT2D eigenvalue weighted by Crippen LogP contribution is -2.03. The number of carbonyl (C=O) groups is 1. The number of non-ortho nitro benzene ring substituents is 1. The molecule has 116 valence electrons. The van der Waals surface area contributed by atoms with Crippen LogP contribution in [0.15, 0.2) is 18.2 Å². The highest BCUT2D eigenvalue weighted by Gasteiger charge is 2.10. The molecule has 0 aromatic heterocycles. The highest BCUT2D eigenvalue weighted by atomic mass is 16.6. The van der Waals surface area contributed by atoms with Crippen molar-refractivity contribution in [1.82, 2.24) is 0 Å². The molecule has 0 atom stereocenters. The predicted molar refractivity (Wildman–Crippen MR) is 78.9 cm³/mol. The number of nitro groups is 1. The van der Waals surface area contributed by atoms with Crippen LogP contribution in [0.4, 0.5) is 11.4 Å². The van der Waals surface area contributed by atoms with Crippen LogP contribution in [0.5, 0.6) is 5.75 Å². The number of nitro benzene ring substituents is 1. The molecule has 0 bridgehead atoms. The lowest BCUT2D eigenvalue weighted by Gasteiger charge is -2.09. The number of nitrogens with zero attached hydrogens (tertiary/aromatic N) is 1. The van der Waals surface area contributed by atoms with Crippen molar-refractivity contribution in [3.8, 4) is 5.75 Å². The third kappa shape index (κ3) is 6.60. The molecule has 0 saturated heterocycles. The minimum Gasteiger partial charge on any atom is -0.494 e. The quantitative estimate of drug-likeness (QED) is 0.391. The highest BCUT2D eigenvalue weighted by Crippen LogP contribution is 2.26. The van der Waals surface area contributed by atoms with Gasteiger partial charge in [0.15, 0.2) is 0 Å². The molecule has 0 heterocycles. The lowest BCUT2D eigenvalue weighted by atomic mass is 10.2. The van der Waals surface area contributed by atoms with Gasteiger partial charge in [-0.05, 0) is 19.8 Å². The molecule has 0 unspecified atom stereocenters. The molecule has 0 aliphatic rings. The van der Waals surface area contributed by atoms with Gasteiger partial charge in [-0.3, -0.25) is 14.9 Å². The lowest BCUT2D eigenvalue weighted by molar-refractivity contribution is -0.384. The maximum Gasteiger partial charge on any atom is 0.303 e. The van der Waals surface area contributed by atoms with Crippen LogP contribution in [0.25, 0.3) is 0 Å². The third-order valence-corrected chi connectivity index (χ3v) is 2.81. The summed E-state index contributed by atoms with van der Waals surface area (Å²) in [7, 11) is 0. The van der Waals surface area contributed by atoms with Crippen LogP contribution >= 0.6 is 0 Å². The van der Waals surface area contributed by atoms with Crippen molar-refractivity contribution < 1.29 is 19.6 Å². The molecule has 0 radical (unpaired) electrons. The average Bonchev–Trinajstić information content (AvgIpc) is 2.42. The van der Waals surface area contributed by atoms with Gasteiger partial charge in [-0.15, -0.1) is 0 Å². The molecule has 7 nitrogen and oxygen atoms in total. The first-order valence-corrected chi connectivity index (χ1v) is 6.91. The number of hydrogen-bond acceptors (Lipinski definition) is 5. The summed E-state index contributed by atoms with van der Waals surface area (Å²) in [6.07, 6.45) is 2.41. The fourth-order valence-corrected chi connectivity index (χ4v) is 1.85. The minimum atomic E-state index is -0.789. The Morgan fingerprint density at radius 2 is 2.10 bits per heavy atom. The van der Waals surface area contributed by atoms with E-state index in [2.05, 4.69) is 5.32 Å². The SMILES string of the molecule is CCOc1cc(NCCCCCC(=O)O)cc([N+](=O)[O-])c1. The molecule has 1 aromatic carbocycles. The summed E-state index contributed by atoms with van der Waals surface area (Å²) in [6.45, 7) is 2.89. The summed E-state index contributed by atoms with van der Waals surface area (Å²) in [5.41, 5.74) is 0.611. The van der Waals surface area contributed by atoms with E-state index >= 15 is 0 Å². The zero-order valence-electron chi connectivity index (χ0n) is 12.0. The normalized spacial score (nSPS) is 10.1. The molecule has 0 aliphatic carbocycles. The van der Waals surface area contributed by atoms with Crippen molar-refractivity contribution in [3.05, 3.63) is 28.3 Å². The fraction of sp³-hybridized carbons (Fsp3) is 0.500. The molecule has 0 spiro atoms. The van der Waals surface area contributed by atoms with Crippen molar-refractivity contribution in [3.63, 3.8) is 0 Å². The molecule has 1 rings (SSSR count). The Hall–Kier alpha value is -2.31. The largest absolute Gasteiger partial charge is 0.494 e. The molecule has 0 saturated carbocycles. The van der Waals surface area contributed by atoms with Crippen LogP contribution in [0.2, 0.25) is 0 Å². The van der Waals surface area contributed by atoms with E-state index in [-0.39, 0.29) is 12.1 Å². The second-order valence-corrected chi connectivity index (χ2v) is 4.54. The number of rotatable bonds is 10. The Morgan fingerprint density at radius 1 is 1.33 bits per heavy atom. The molecule has 2 N–H and O–H groups in total. The zero-order valence-corrected chi connectivity index (χ0v) is 12.0. The van der Waals surface area contributed by atoms with E-state index in [1.165, 1.54) is 12.1 Å². The van der Waals surface area contributed by atoms with Gasteiger partial charge in [0, 0.05) is 30.8 Å². The maximum atomic E-state index is 10.9. The van der Waals surface area contributed by atoms with Crippen LogP contribution in [0, 0.1) is 10.1 Å². The van der Waals surface area contributed by atoms with Crippen LogP contribution in [-0.2, 0) is 4.79 Å². The molecule has 7 heteroatoms. The smallest absolute Gasteiger partial charge is 0.303 e. The molecular formula is C14H20N2O5. The molecule has 21 heavy (non-hydrogen) atoms. The van der Waals surface area contributed by atoms with E-state index in [0.717, 1.165) is 12.8 Å². The number of carboxylic acids is 1. The van der Waals surface area contributed by atoms with Gasteiger partial charge in [0.05, 0.1) is 17.6 Å².